The molecular weight excluding hydrogens is 252 g/mol. The standard InChI is InChI=1S/C16H18N2O2/c1-10-8-11(2)14(9-13(10)17)18-16(19)12-6-4-5-7-15(12)20-3/h4-9H,17H2,1-3H3,(H,18,19). The molecule has 0 aromatic heterocycles. The van der Waals surface area contributed by atoms with Crippen LogP contribution >= 0.6 is 0 Å². The van der Waals surface area contributed by atoms with Crippen molar-refractivity contribution < 1.29 is 9.53 Å². The molecule has 0 unspecified atom stereocenters. The molecule has 2 aromatic carbocycles. The van der Waals surface area contributed by atoms with Gasteiger partial charge in [-0.05, 0) is 43.2 Å². The number of nitrogen functional groups attached to an aromatic ring is 1. The third kappa shape index (κ3) is 2.74. The lowest BCUT2D eigenvalue weighted by molar-refractivity contribution is 0.102. The number of rotatable bonds is 3. The molecule has 0 aliphatic carbocycles. The van der Waals surface area contributed by atoms with E-state index in [1.807, 2.05) is 26.0 Å². The number of nitrogens with two attached hydrogens (primary N) is 1. The Morgan fingerprint density at radius 3 is 2.55 bits per heavy atom. The van der Waals surface area contributed by atoms with E-state index in [0.29, 0.717) is 22.7 Å². The first kappa shape index (κ1) is 13.9. The number of methoxy groups -OCH3 is 1. The number of carbonyl (C=O) groups excluding carboxylic acids is 1. The molecule has 0 aliphatic rings. The number of ether oxygens (including phenoxy) is 1. The van der Waals surface area contributed by atoms with Crippen molar-refractivity contribution in [1.82, 2.24) is 0 Å². The van der Waals surface area contributed by atoms with Crippen LogP contribution in [0.25, 0.3) is 0 Å². The molecule has 4 heteroatoms. The Balaban J connectivity index is 2.30. The Morgan fingerprint density at radius 1 is 1.15 bits per heavy atom. The van der Waals surface area contributed by atoms with Gasteiger partial charge in [0.2, 0.25) is 0 Å². The first-order chi connectivity index (χ1) is 9.52. The third-order valence-corrected chi connectivity index (χ3v) is 3.21. The van der Waals surface area contributed by atoms with Gasteiger partial charge in [0.25, 0.3) is 5.91 Å². The van der Waals surface area contributed by atoms with Crippen molar-refractivity contribution in [1.29, 1.82) is 0 Å². The van der Waals surface area contributed by atoms with E-state index in [2.05, 4.69) is 5.32 Å². The van der Waals surface area contributed by atoms with E-state index in [1.54, 1.807) is 31.4 Å². The highest BCUT2D eigenvalue weighted by molar-refractivity contribution is 6.06. The van der Waals surface area contributed by atoms with Gasteiger partial charge in [-0.25, -0.2) is 0 Å². The monoisotopic (exact) mass is 270 g/mol. The number of para-hydroxylation sites is 1. The Kier molecular flexibility index (Phi) is 3.94. The molecular formula is C16H18N2O2. The van der Waals surface area contributed by atoms with Crippen LogP contribution in [0.5, 0.6) is 5.75 Å². The smallest absolute Gasteiger partial charge is 0.259 e. The summed E-state index contributed by atoms with van der Waals surface area (Å²) in [5.41, 5.74) is 9.72. The van der Waals surface area contributed by atoms with E-state index in [1.165, 1.54) is 0 Å². The van der Waals surface area contributed by atoms with E-state index in [-0.39, 0.29) is 5.91 Å². The van der Waals surface area contributed by atoms with Crippen LogP contribution in [-0.4, -0.2) is 13.0 Å². The summed E-state index contributed by atoms with van der Waals surface area (Å²) in [5.74, 6) is 0.330. The van der Waals surface area contributed by atoms with E-state index in [0.717, 1.165) is 11.1 Å². The minimum atomic E-state index is -0.214. The highest BCUT2D eigenvalue weighted by Gasteiger charge is 2.13. The molecule has 0 radical (unpaired) electrons. The quantitative estimate of drug-likeness (QED) is 0.842. The lowest BCUT2D eigenvalue weighted by Gasteiger charge is -2.12. The molecule has 2 rings (SSSR count). The SMILES string of the molecule is COc1ccccc1C(=O)Nc1cc(N)c(C)cc1C. The van der Waals surface area contributed by atoms with E-state index >= 15 is 0 Å². The second-order valence-electron chi connectivity index (χ2n) is 4.68. The minimum Gasteiger partial charge on any atom is -0.496 e. The predicted octanol–water partition coefficient (Wildman–Crippen LogP) is 3.15. The lowest BCUT2D eigenvalue weighted by atomic mass is 10.1. The highest BCUT2D eigenvalue weighted by Crippen LogP contribution is 2.24. The molecule has 2 aromatic rings. The van der Waals surface area contributed by atoms with Gasteiger partial charge in [0.15, 0.2) is 0 Å². The largest absolute Gasteiger partial charge is 0.496 e. The molecule has 0 saturated carbocycles. The van der Waals surface area contributed by atoms with Gasteiger partial charge in [-0.2, -0.15) is 0 Å². The molecule has 0 atom stereocenters. The zero-order valence-electron chi connectivity index (χ0n) is 11.9. The first-order valence-corrected chi connectivity index (χ1v) is 6.34. The van der Waals surface area contributed by atoms with Crippen molar-refractivity contribution >= 4 is 17.3 Å². The van der Waals surface area contributed by atoms with Crippen LogP contribution in [0.4, 0.5) is 11.4 Å². The molecule has 20 heavy (non-hydrogen) atoms. The van der Waals surface area contributed by atoms with Gasteiger partial charge in [-0.15, -0.1) is 0 Å². The van der Waals surface area contributed by atoms with Crippen LogP contribution in [0.1, 0.15) is 21.5 Å². The molecule has 0 spiro atoms. The third-order valence-electron chi connectivity index (χ3n) is 3.21. The van der Waals surface area contributed by atoms with E-state index in [9.17, 15) is 4.79 Å². The second-order valence-corrected chi connectivity index (χ2v) is 4.68. The summed E-state index contributed by atoms with van der Waals surface area (Å²) in [6.45, 7) is 3.87. The molecule has 0 saturated heterocycles. The molecule has 0 aliphatic heterocycles. The number of hydrogen-bond acceptors (Lipinski definition) is 3. The Hall–Kier alpha value is -2.49. The Morgan fingerprint density at radius 2 is 1.85 bits per heavy atom. The maximum Gasteiger partial charge on any atom is 0.259 e. The molecule has 4 nitrogen and oxygen atoms in total. The fourth-order valence-electron chi connectivity index (χ4n) is 2.03. The molecule has 0 fully saturated rings. The number of benzene rings is 2. The number of nitrogens with one attached hydrogen (secondary N) is 1. The molecule has 1 amide bonds. The van der Waals surface area contributed by atoms with Crippen molar-refractivity contribution in [3.05, 3.63) is 53.1 Å². The zero-order chi connectivity index (χ0) is 14.7. The van der Waals surface area contributed by atoms with Crippen molar-refractivity contribution in [2.24, 2.45) is 0 Å². The normalized spacial score (nSPS) is 10.2. The van der Waals surface area contributed by atoms with E-state index in [4.69, 9.17) is 10.5 Å². The van der Waals surface area contributed by atoms with Crippen LogP contribution in [-0.2, 0) is 0 Å². The summed E-state index contributed by atoms with van der Waals surface area (Å²) in [7, 11) is 1.54. The predicted molar refractivity (Wildman–Crippen MR) is 81.3 cm³/mol. The van der Waals surface area contributed by atoms with Crippen LogP contribution in [0.2, 0.25) is 0 Å². The van der Waals surface area contributed by atoms with Gasteiger partial charge in [0.05, 0.1) is 12.7 Å². The number of carbonyl (C=O) groups is 1. The van der Waals surface area contributed by atoms with Gasteiger partial charge in [-0.1, -0.05) is 18.2 Å². The summed E-state index contributed by atoms with van der Waals surface area (Å²) in [4.78, 5) is 12.3. The molecule has 3 N–H and O–H groups in total. The van der Waals surface area contributed by atoms with Gasteiger partial charge in [0.1, 0.15) is 5.75 Å². The number of anilines is 2. The second kappa shape index (κ2) is 5.65. The Bertz CT molecular complexity index is 651. The average molecular weight is 270 g/mol. The number of aryl methyl sites for hydroxylation is 2. The molecule has 104 valence electrons. The first-order valence-electron chi connectivity index (χ1n) is 6.34. The minimum absolute atomic E-state index is 0.214. The summed E-state index contributed by atoms with van der Waals surface area (Å²) in [6.07, 6.45) is 0. The van der Waals surface area contributed by atoms with Gasteiger partial charge in [-0.3, -0.25) is 4.79 Å². The van der Waals surface area contributed by atoms with Crippen molar-refractivity contribution in [2.75, 3.05) is 18.2 Å². The van der Waals surface area contributed by atoms with Crippen LogP contribution in [0.3, 0.4) is 0 Å². The molecule has 0 bridgehead atoms. The fraction of sp³-hybridized carbons (Fsp3) is 0.188. The Labute approximate surface area is 118 Å². The van der Waals surface area contributed by atoms with Crippen molar-refractivity contribution in [2.45, 2.75) is 13.8 Å². The number of amides is 1. The lowest BCUT2D eigenvalue weighted by Crippen LogP contribution is -2.14. The zero-order valence-corrected chi connectivity index (χ0v) is 11.9. The van der Waals surface area contributed by atoms with Gasteiger partial charge < -0.3 is 15.8 Å². The summed E-state index contributed by atoms with van der Waals surface area (Å²) >= 11 is 0. The summed E-state index contributed by atoms with van der Waals surface area (Å²) in [6, 6.07) is 10.8. The highest BCUT2D eigenvalue weighted by atomic mass is 16.5. The summed E-state index contributed by atoms with van der Waals surface area (Å²) in [5, 5.41) is 2.87. The maximum absolute atomic E-state index is 12.3. The van der Waals surface area contributed by atoms with Crippen LogP contribution < -0.4 is 15.8 Å². The van der Waals surface area contributed by atoms with Crippen LogP contribution in [0.15, 0.2) is 36.4 Å². The van der Waals surface area contributed by atoms with Gasteiger partial charge >= 0.3 is 0 Å². The summed E-state index contributed by atoms with van der Waals surface area (Å²) < 4.78 is 5.19. The fourth-order valence-corrected chi connectivity index (χ4v) is 2.03. The molecule has 0 heterocycles. The maximum atomic E-state index is 12.3. The number of hydrogen-bond donors (Lipinski definition) is 2. The van der Waals surface area contributed by atoms with Crippen molar-refractivity contribution in [3.8, 4) is 5.75 Å². The van der Waals surface area contributed by atoms with E-state index < -0.39 is 0 Å². The van der Waals surface area contributed by atoms with Crippen LogP contribution in [0, 0.1) is 13.8 Å². The van der Waals surface area contributed by atoms with Crippen molar-refractivity contribution in [3.63, 3.8) is 0 Å². The average Bonchev–Trinajstić information content (AvgIpc) is 2.44. The van der Waals surface area contributed by atoms with Gasteiger partial charge in [0, 0.05) is 11.4 Å². The topological polar surface area (TPSA) is 64.3 Å².